The molecule has 0 aliphatic carbocycles. The summed E-state index contributed by atoms with van der Waals surface area (Å²) < 4.78 is 40.1. The van der Waals surface area contributed by atoms with Gasteiger partial charge in [0.25, 0.3) is 11.6 Å². The number of benzene rings is 1. The Morgan fingerprint density at radius 1 is 1.42 bits per heavy atom. The molecule has 0 radical (unpaired) electrons. The van der Waals surface area contributed by atoms with Gasteiger partial charge in [0.05, 0.1) is 0 Å². The van der Waals surface area contributed by atoms with E-state index in [0.717, 1.165) is 12.8 Å². The van der Waals surface area contributed by atoms with Gasteiger partial charge in [0.2, 0.25) is 0 Å². The molecule has 0 saturated heterocycles. The number of rotatable bonds is 5. The number of nitrogens with zero attached hydrogens (tertiary/aromatic N) is 2. The standard InChI is InChI=1S/C16H18ClF3N2O2/c1-2-3-4-8-13-10-15(24,16(18,19)20)22(21-13)14(23)11-6-5-7-12(17)9-11/h5-7,9,24H,2-4,8,10H2,1H3/t15-/m0/s1. The topological polar surface area (TPSA) is 52.9 Å². The number of hydrogen-bond acceptors (Lipinski definition) is 3. The Balaban J connectivity index is 2.32. The third-order valence-corrected chi connectivity index (χ3v) is 4.06. The third-order valence-electron chi connectivity index (χ3n) is 3.83. The van der Waals surface area contributed by atoms with E-state index in [2.05, 4.69) is 5.10 Å². The molecule has 1 N–H and O–H groups in total. The van der Waals surface area contributed by atoms with Crippen molar-refractivity contribution in [3.63, 3.8) is 0 Å². The van der Waals surface area contributed by atoms with Gasteiger partial charge < -0.3 is 5.11 Å². The van der Waals surface area contributed by atoms with Crippen molar-refractivity contribution in [2.75, 3.05) is 0 Å². The Morgan fingerprint density at radius 3 is 2.71 bits per heavy atom. The van der Waals surface area contributed by atoms with E-state index < -0.39 is 24.2 Å². The maximum Gasteiger partial charge on any atom is 0.438 e. The Labute approximate surface area is 142 Å². The second-order valence-electron chi connectivity index (χ2n) is 5.74. The Morgan fingerprint density at radius 2 is 2.12 bits per heavy atom. The smallest absolute Gasteiger partial charge is 0.362 e. The van der Waals surface area contributed by atoms with E-state index in [1.807, 2.05) is 6.92 Å². The molecule has 0 unspecified atom stereocenters. The highest BCUT2D eigenvalue weighted by Gasteiger charge is 2.63. The van der Waals surface area contributed by atoms with E-state index in [4.69, 9.17) is 11.6 Å². The van der Waals surface area contributed by atoms with Crippen molar-refractivity contribution in [2.45, 2.75) is 50.9 Å². The van der Waals surface area contributed by atoms with Gasteiger partial charge >= 0.3 is 6.18 Å². The summed E-state index contributed by atoms with van der Waals surface area (Å²) in [5.74, 6) is -1.04. The van der Waals surface area contributed by atoms with Crippen molar-refractivity contribution in [1.82, 2.24) is 5.01 Å². The maximum absolute atomic E-state index is 13.4. The summed E-state index contributed by atoms with van der Waals surface area (Å²) >= 11 is 5.78. The van der Waals surface area contributed by atoms with E-state index in [9.17, 15) is 23.1 Å². The van der Waals surface area contributed by atoms with Gasteiger partial charge in [-0.2, -0.15) is 23.3 Å². The molecule has 0 spiro atoms. The van der Waals surface area contributed by atoms with Gasteiger partial charge in [0, 0.05) is 22.7 Å². The first kappa shape index (κ1) is 18.7. The summed E-state index contributed by atoms with van der Waals surface area (Å²) in [5, 5.41) is 14.3. The highest BCUT2D eigenvalue weighted by atomic mass is 35.5. The van der Waals surface area contributed by atoms with Crippen LogP contribution >= 0.6 is 11.6 Å². The normalized spacial score (nSPS) is 21.1. The fourth-order valence-corrected chi connectivity index (χ4v) is 2.70. The molecule has 1 amide bonds. The first-order chi connectivity index (χ1) is 11.2. The second kappa shape index (κ2) is 7.11. The van der Waals surface area contributed by atoms with Crippen molar-refractivity contribution < 1.29 is 23.1 Å². The molecule has 0 saturated carbocycles. The van der Waals surface area contributed by atoms with Crippen molar-refractivity contribution >= 4 is 23.2 Å². The molecular formula is C16H18ClF3N2O2. The zero-order valence-corrected chi connectivity index (χ0v) is 13.9. The monoisotopic (exact) mass is 362 g/mol. The molecule has 1 aromatic rings. The molecular weight excluding hydrogens is 345 g/mol. The molecule has 8 heteroatoms. The molecule has 1 atom stereocenters. The summed E-state index contributed by atoms with van der Waals surface area (Å²) in [6.45, 7) is 1.97. The molecule has 0 fully saturated rings. The number of unbranched alkanes of at least 4 members (excludes halogenated alkanes) is 2. The second-order valence-corrected chi connectivity index (χ2v) is 6.18. The summed E-state index contributed by atoms with van der Waals surface area (Å²) in [6, 6.07) is 5.52. The fraction of sp³-hybridized carbons (Fsp3) is 0.500. The molecule has 0 bridgehead atoms. The molecule has 2 rings (SSSR count). The SMILES string of the molecule is CCCCCC1=NN(C(=O)c2cccc(Cl)c2)[C@@](O)(C(F)(F)F)C1. The minimum atomic E-state index is -5.02. The minimum Gasteiger partial charge on any atom is -0.362 e. The van der Waals surface area contributed by atoms with E-state index in [1.165, 1.54) is 24.3 Å². The Bertz CT molecular complexity index is 648. The number of hydrogen-bond donors (Lipinski definition) is 1. The van der Waals surface area contributed by atoms with Crippen molar-refractivity contribution in [2.24, 2.45) is 5.10 Å². The minimum absolute atomic E-state index is 0.0660. The summed E-state index contributed by atoms with van der Waals surface area (Å²) in [4.78, 5) is 12.4. The van der Waals surface area contributed by atoms with Crippen LogP contribution in [0.1, 0.15) is 49.4 Å². The summed E-state index contributed by atoms with van der Waals surface area (Å²) in [7, 11) is 0. The van der Waals surface area contributed by atoms with E-state index >= 15 is 0 Å². The van der Waals surface area contributed by atoms with Crippen molar-refractivity contribution in [1.29, 1.82) is 0 Å². The van der Waals surface area contributed by atoms with Crippen LogP contribution in [-0.4, -0.2) is 33.6 Å². The van der Waals surface area contributed by atoms with Gasteiger partial charge in [-0.05, 0) is 31.0 Å². The predicted molar refractivity (Wildman–Crippen MR) is 84.8 cm³/mol. The van der Waals surface area contributed by atoms with Gasteiger partial charge in [-0.3, -0.25) is 4.79 Å². The zero-order chi connectivity index (χ0) is 18.0. The van der Waals surface area contributed by atoms with E-state index in [-0.39, 0.29) is 21.3 Å². The van der Waals surface area contributed by atoms with Crippen LogP contribution in [0.2, 0.25) is 5.02 Å². The van der Waals surface area contributed by atoms with Crippen molar-refractivity contribution in [3.05, 3.63) is 34.9 Å². The lowest BCUT2D eigenvalue weighted by Gasteiger charge is -2.32. The maximum atomic E-state index is 13.4. The van der Waals surface area contributed by atoms with Crippen LogP contribution < -0.4 is 0 Å². The van der Waals surface area contributed by atoms with Crippen LogP contribution in [0.25, 0.3) is 0 Å². The number of hydrazone groups is 1. The van der Waals surface area contributed by atoms with Gasteiger partial charge in [-0.1, -0.05) is 37.4 Å². The number of carbonyl (C=O) groups excluding carboxylic acids is 1. The molecule has 132 valence electrons. The third kappa shape index (κ3) is 3.72. The number of amides is 1. The molecule has 0 aromatic heterocycles. The van der Waals surface area contributed by atoms with Gasteiger partial charge in [0.1, 0.15) is 0 Å². The van der Waals surface area contributed by atoms with Crippen molar-refractivity contribution in [3.8, 4) is 0 Å². The molecule has 1 aliphatic rings. The van der Waals surface area contributed by atoms with Crippen LogP contribution in [0.3, 0.4) is 0 Å². The van der Waals surface area contributed by atoms with E-state index in [1.54, 1.807) is 0 Å². The fourth-order valence-electron chi connectivity index (χ4n) is 2.51. The molecule has 1 heterocycles. The zero-order valence-electron chi connectivity index (χ0n) is 13.1. The first-order valence-corrected chi connectivity index (χ1v) is 8.02. The van der Waals surface area contributed by atoms with Gasteiger partial charge in [-0.25, -0.2) is 0 Å². The summed E-state index contributed by atoms with van der Waals surface area (Å²) in [5.41, 5.74) is -3.23. The lowest BCUT2D eigenvalue weighted by atomic mass is 10.0. The Hall–Kier alpha value is -1.60. The summed E-state index contributed by atoms with van der Waals surface area (Å²) in [6.07, 6.45) is -3.04. The number of halogens is 4. The lowest BCUT2D eigenvalue weighted by molar-refractivity contribution is -0.297. The van der Waals surface area contributed by atoms with E-state index in [0.29, 0.717) is 12.8 Å². The molecule has 1 aliphatic heterocycles. The first-order valence-electron chi connectivity index (χ1n) is 7.64. The highest BCUT2D eigenvalue weighted by molar-refractivity contribution is 6.31. The number of aliphatic hydroxyl groups is 1. The molecule has 1 aromatic carbocycles. The van der Waals surface area contributed by atoms with Crippen LogP contribution in [0.4, 0.5) is 13.2 Å². The predicted octanol–water partition coefficient (Wildman–Crippen LogP) is 4.37. The average molecular weight is 363 g/mol. The van der Waals surface area contributed by atoms with Gasteiger partial charge in [-0.15, -0.1) is 0 Å². The quantitative estimate of drug-likeness (QED) is 0.790. The number of alkyl halides is 3. The molecule has 24 heavy (non-hydrogen) atoms. The number of carbonyl (C=O) groups is 1. The van der Waals surface area contributed by atoms with Crippen LogP contribution in [0.5, 0.6) is 0 Å². The Kier molecular flexibility index (Phi) is 5.55. The largest absolute Gasteiger partial charge is 0.438 e. The lowest BCUT2D eigenvalue weighted by Crippen LogP contribution is -2.56. The van der Waals surface area contributed by atoms with Crippen LogP contribution in [-0.2, 0) is 0 Å². The van der Waals surface area contributed by atoms with Crippen LogP contribution in [0.15, 0.2) is 29.4 Å². The average Bonchev–Trinajstić information content (AvgIpc) is 2.85. The highest BCUT2D eigenvalue weighted by Crippen LogP contribution is 2.41. The molecule has 4 nitrogen and oxygen atoms in total. The van der Waals surface area contributed by atoms with Gasteiger partial charge in [0.15, 0.2) is 0 Å². The van der Waals surface area contributed by atoms with Crippen LogP contribution in [0, 0.1) is 0 Å².